The zero-order chi connectivity index (χ0) is 17.1. The Hall–Kier alpha value is -2.41. The number of benzene rings is 1. The van der Waals surface area contributed by atoms with E-state index in [1.807, 2.05) is 24.0 Å². The van der Waals surface area contributed by atoms with Crippen molar-refractivity contribution in [3.63, 3.8) is 0 Å². The highest BCUT2D eigenvalue weighted by Gasteiger charge is 2.31. The highest BCUT2D eigenvalue weighted by atomic mass is 16.6. The molecule has 3 rings (SSSR count). The fourth-order valence-corrected chi connectivity index (χ4v) is 2.85. The van der Waals surface area contributed by atoms with E-state index in [-0.39, 0.29) is 18.2 Å². The van der Waals surface area contributed by atoms with Crippen LogP contribution in [-0.2, 0) is 11.3 Å². The number of hydrogen-bond acceptors (Lipinski definition) is 5. The Balaban J connectivity index is 1.66. The van der Waals surface area contributed by atoms with Crippen LogP contribution in [0.1, 0.15) is 35.5 Å². The average molecular weight is 330 g/mol. The Kier molecular flexibility index (Phi) is 4.80. The van der Waals surface area contributed by atoms with E-state index in [1.165, 1.54) is 5.56 Å². The number of ether oxygens (including phenoxy) is 1. The van der Waals surface area contributed by atoms with Crippen LogP contribution in [0.5, 0.6) is 0 Å². The topological polar surface area (TPSA) is 80.5 Å². The van der Waals surface area contributed by atoms with Gasteiger partial charge in [0.25, 0.3) is 0 Å². The monoisotopic (exact) mass is 330 g/mol. The molecule has 1 N–H and O–H groups in total. The number of carbonyl (C=O) groups excluding carboxylic acids is 1. The number of morpholine rings is 1. The van der Waals surface area contributed by atoms with Crippen molar-refractivity contribution in [1.29, 1.82) is 0 Å². The Morgan fingerprint density at radius 2 is 2.12 bits per heavy atom. The summed E-state index contributed by atoms with van der Waals surface area (Å²) in [6, 6.07) is 7.99. The van der Waals surface area contributed by atoms with Crippen LogP contribution in [-0.4, -0.2) is 40.4 Å². The van der Waals surface area contributed by atoms with Gasteiger partial charge in [0.15, 0.2) is 0 Å². The molecule has 2 amide bonds. The van der Waals surface area contributed by atoms with Crippen molar-refractivity contribution in [2.75, 3.05) is 13.2 Å². The number of carbonyl (C=O) groups is 1. The lowest BCUT2D eigenvalue weighted by molar-refractivity contribution is -0.0430. The first-order valence-corrected chi connectivity index (χ1v) is 8.06. The first-order chi connectivity index (χ1) is 11.6. The molecule has 24 heavy (non-hydrogen) atoms. The summed E-state index contributed by atoms with van der Waals surface area (Å²) in [5.41, 5.74) is 3.61. The minimum atomic E-state index is -0.133. The molecule has 0 spiro atoms. The average Bonchev–Trinajstić information content (AvgIpc) is 2.99. The first-order valence-electron chi connectivity index (χ1n) is 8.06. The Labute approximate surface area is 140 Å². The molecular formula is C17H22N4O3. The van der Waals surface area contributed by atoms with Crippen molar-refractivity contribution in [3.05, 3.63) is 46.8 Å². The fourth-order valence-electron chi connectivity index (χ4n) is 2.85. The molecule has 0 radical (unpaired) electrons. The number of amides is 2. The molecule has 0 aliphatic carbocycles. The molecule has 2 unspecified atom stereocenters. The molecule has 128 valence electrons. The van der Waals surface area contributed by atoms with Gasteiger partial charge < -0.3 is 15.0 Å². The number of nitrogens with one attached hydrogen (secondary N) is 1. The van der Waals surface area contributed by atoms with Gasteiger partial charge >= 0.3 is 6.03 Å². The molecule has 2 aromatic rings. The van der Waals surface area contributed by atoms with E-state index in [2.05, 4.69) is 39.3 Å². The lowest BCUT2D eigenvalue weighted by Gasteiger charge is -2.38. The smallest absolute Gasteiger partial charge is 0.318 e. The normalized spacial score (nSPS) is 20.9. The summed E-state index contributed by atoms with van der Waals surface area (Å²) in [7, 11) is 0. The minimum Gasteiger partial charge on any atom is -0.370 e. The van der Waals surface area contributed by atoms with E-state index < -0.39 is 0 Å². The van der Waals surface area contributed by atoms with Crippen LogP contribution in [0, 0.1) is 13.8 Å². The molecule has 0 saturated carbocycles. The number of aromatic nitrogens is 2. The molecule has 1 aliphatic rings. The summed E-state index contributed by atoms with van der Waals surface area (Å²) < 4.78 is 10.6. The molecule has 7 nitrogen and oxygen atoms in total. The summed E-state index contributed by atoms with van der Waals surface area (Å²) in [6.45, 7) is 7.17. The summed E-state index contributed by atoms with van der Waals surface area (Å²) in [5.74, 6) is 0. The van der Waals surface area contributed by atoms with E-state index in [4.69, 9.17) is 4.74 Å². The summed E-state index contributed by atoms with van der Waals surface area (Å²) in [5, 5.41) is 10.4. The van der Waals surface area contributed by atoms with Crippen molar-refractivity contribution in [2.24, 2.45) is 0 Å². The van der Waals surface area contributed by atoms with Crippen LogP contribution in [0.4, 0.5) is 4.79 Å². The van der Waals surface area contributed by atoms with Gasteiger partial charge in [-0.1, -0.05) is 34.6 Å². The number of hydrogen-bond donors (Lipinski definition) is 1. The van der Waals surface area contributed by atoms with Crippen LogP contribution < -0.4 is 5.32 Å². The third-order valence-corrected chi connectivity index (χ3v) is 4.38. The highest BCUT2D eigenvalue weighted by molar-refractivity contribution is 5.74. The van der Waals surface area contributed by atoms with Gasteiger partial charge in [-0.3, -0.25) is 0 Å². The second kappa shape index (κ2) is 7.00. The SMILES string of the molecule is Cc1ccccc1C1CN(C(=O)NCc2nonc2C)C(C)CO1. The van der Waals surface area contributed by atoms with E-state index in [0.717, 1.165) is 5.56 Å². The molecule has 1 aromatic carbocycles. The maximum atomic E-state index is 12.6. The molecule has 1 aromatic heterocycles. The minimum absolute atomic E-state index is 0.0156. The Bertz CT molecular complexity index is 715. The summed E-state index contributed by atoms with van der Waals surface area (Å²) in [6.07, 6.45) is -0.108. The Morgan fingerprint density at radius 3 is 2.83 bits per heavy atom. The number of nitrogens with zero attached hydrogens (tertiary/aromatic N) is 3. The molecule has 1 saturated heterocycles. The molecule has 7 heteroatoms. The van der Waals surface area contributed by atoms with Gasteiger partial charge in [-0.25, -0.2) is 9.42 Å². The van der Waals surface area contributed by atoms with Crippen molar-refractivity contribution in [2.45, 2.75) is 39.5 Å². The molecular weight excluding hydrogens is 308 g/mol. The van der Waals surface area contributed by atoms with Gasteiger partial charge in [0, 0.05) is 0 Å². The van der Waals surface area contributed by atoms with E-state index in [0.29, 0.717) is 31.1 Å². The number of rotatable bonds is 3. The van der Waals surface area contributed by atoms with E-state index >= 15 is 0 Å². The number of urea groups is 1. The zero-order valence-electron chi connectivity index (χ0n) is 14.2. The second-order valence-electron chi connectivity index (χ2n) is 6.13. The molecule has 0 bridgehead atoms. The van der Waals surface area contributed by atoms with Gasteiger partial charge in [-0.15, -0.1) is 0 Å². The van der Waals surface area contributed by atoms with Gasteiger partial charge in [0.05, 0.1) is 25.7 Å². The van der Waals surface area contributed by atoms with Crippen molar-refractivity contribution < 1.29 is 14.2 Å². The summed E-state index contributed by atoms with van der Waals surface area (Å²) in [4.78, 5) is 14.4. The second-order valence-corrected chi connectivity index (χ2v) is 6.13. The molecule has 1 fully saturated rings. The first kappa shape index (κ1) is 16.4. The quantitative estimate of drug-likeness (QED) is 0.934. The van der Waals surface area contributed by atoms with Crippen molar-refractivity contribution in [1.82, 2.24) is 20.5 Å². The third-order valence-electron chi connectivity index (χ3n) is 4.38. The maximum absolute atomic E-state index is 12.6. The fraction of sp³-hybridized carbons (Fsp3) is 0.471. The van der Waals surface area contributed by atoms with Gasteiger partial charge in [-0.05, 0) is 31.9 Å². The predicted octanol–water partition coefficient (Wildman–Crippen LogP) is 2.36. The maximum Gasteiger partial charge on any atom is 0.318 e. The van der Waals surface area contributed by atoms with Gasteiger partial charge in [0.1, 0.15) is 17.5 Å². The third kappa shape index (κ3) is 3.41. The van der Waals surface area contributed by atoms with Crippen molar-refractivity contribution in [3.8, 4) is 0 Å². The van der Waals surface area contributed by atoms with Gasteiger partial charge in [0.2, 0.25) is 0 Å². The van der Waals surface area contributed by atoms with Crippen molar-refractivity contribution >= 4 is 6.03 Å². The lowest BCUT2D eigenvalue weighted by atomic mass is 10.0. The lowest BCUT2D eigenvalue weighted by Crippen LogP contribution is -2.52. The van der Waals surface area contributed by atoms with Crippen LogP contribution in [0.15, 0.2) is 28.9 Å². The predicted molar refractivity (Wildman–Crippen MR) is 87.3 cm³/mol. The van der Waals surface area contributed by atoms with Gasteiger partial charge in [-0.2, -0.15) is 0 Å². The zero-order valence-corrected chi connectivity index (χ0v) is 14.2. The largest absolute Gasteiger partial charge is 0.370 e. The van der Waals surface area contributed by atoms with E-state index in [1.54, 1.807) is 6.92 Å². The van der Waals surface area contributed by atoms with Crippen LogP contribution >= 0.6 is 0 Å². The molecule has 2 heterocycles. The Morgan fingerprint density at radius 1 is 1.33 bits per heavy atom. The highest BCUT2D eigenvalue weighted by Crippen LogP contribution is 2.27. The standard InChI is InChI=1S/C17H22N4O3/c1-11-6-4-5-7-14(11)16-9-21(12(2)10-23-16)17(22)18-8-15-13(3)19-24-20-15/h4-7,12,16H,8-10H2,1-3H3,(H,18,22). The van der Waals surface area contributed by atoms with Crippen LogP contribution in [0.3, 0.4) is 0 Å². The summed E-state index contributed by atoms with van der Waals surface area (Å²) >= 11 is 0. The van der Waals surface area contributed by atoms with E-state index in [9.17, 15) is 4.79 Å². The van der Waals surface area contributed by atoms with Crippen LogP contribution in [0.2, 0.25) is 0 Å². The van der Waals surface area contributed by atoms with Crippen LogP contribution in [0.25, 0.3) is 0 Å². The molecule has 2 atom stereocenters. The number of aryl methyl sites for hydroxylation is 2. The molecule has 1 aliphatic heterocycles.